The number of rotatable bonds is 2. The minimum atomic E-state index is 0.936. The molecule has 0 aromatic rings. The summed E-state index contributed by atoms with van der Waals surface area (Å²) in [7, 11) is 0. The number of dihydropyridines is 1. The lowest BCUT2D eigenvalue weighted by Gasteiger charge is -2.05. The van der Waals surface area contributed by atoms with Gasteiger partial charge in [0.05, 0.1) is 5.71 Å². The summed E-state index contributed by atoms with van der Waals surface area (Å²) in [4.78, 5) is 4.44. The van der Waals surface area contributed by atoms with E-state index >= 15 is 0 Å². The van der Waals surface area contributed by atoms with Crippen molar-refractivity contribution in [3.63, 3.8) is 0 Å². The van der Waals surface area contributed by atoms with Crippen molar-refractivity contribution in [2.75, 3.05) is 6.54 Å². The van der Waals surface area contributed by atoms with Crippen LogP contribution in [-0.2, 0) is 0 Å². The number of allylic oxidation sites excluding steroid dienone is 5. The van der Waals surface area contributed by atoms with E-state index in [1.54, 1.807) is 0 Å². The molecule has 0 atom stereocenters. The van der Waals surface area contributed by atoms with E-state index in [4.69, 9.17) is 0 Å². The van der Waals surface area contributed by atoms with Gasteiger partial charge in [0.15, 0.2) is 0 Å². The first-order valence-electron chi connectivity index (χ1n) is 4.73. The van der Waals surface area contributed by atoms with Crippen LogP contribution in [0.4, 0.5) is 0 Å². The molecule has 0 saturated heterocycles. The maximum Gasteiger partial charge on any atom is 0.0600 e. The quantitative estimate of drug-likeness (QED) is 0.571. The highest BCUT2D eigenvalue weighted by Crippen LogP contribution is 2.06. The molecule has 1 aliphatic heterocycles. The summed E-state index contributed by atoms with van der Waals surface area (Å²) < 4.78 is 0. The Morgan fingerprint density at radius 2 is 2.08 bits per heavy atom. The van der Waals surface area contributed by atoms with E-state index in [1.165, 1.54) is 11.1 Å². The van der Waals surface area contributed by atoms with E-state index in [0.29, 0.717) is 0 Å². The summed E-state index contributed by atoms with van der Waals surface area (Å²) in [6.07, 6.45) is 9.62. The summed E-state index contributed by atoms with van der Waals surface area (Å²) in [6.45, 7) is 7.24. The molecule has 0 spiro atoms. The zero-order valence-corrected chi connectivity index (χ0v) is 8.67. The molecule has 0 bridgehead atoms. The van der Waals surface area contributed by atoms with Crippen molar-refractivity contribution in [1.82, 2.24) is 0 Å². The van der Waals surface area contributed by atoms with Crippen molar-refractivity contribution in [3.8, 4) is 0 Å². The van der Waals surface area contributed by atoms with Crippen LogP contribution in [0, 0.1) is 0 Å². The van der Waals surface area contributed by atoms with Gasteiger partial charge in [-0.25, -0.2) is 0 Å². The van der Waals surface area contributed by atoms with Gasteiger partial charge in [-0.1, -0.05) is 23.8 Å². The molecule has 1 rings (SSSR count). The third kappa shape index (κ3) is 3.41. The maximum atomic E-state index is 4.44. The van der Waals surface area contributed by atoms with Gasteiger partial charge in [-0.2, -0.15) is 0 Å². The lowest BCUT2D eigenvalue weighted by molar-refractivity contribution is 0.992. The average Bonchev–Trinajstić information content (AvgIpc) is 2.15. The third-order valence-electron chi connectivity index (χ3n) is 1.92. The van der Waals surface area contributed by atoms with E-state index < -0.39 is 0 Å². The van der Waals surface area contributed by atoms with E-state index in [9.17, 15) is 0 Å². The Labute approximate surface area is 80.6 Å². The van der Waals surface area contributed by atoms with Crippen LogP contribution < -0.4 is 0 Å². The molecule has 0 radical (unpaired) electrons. The first kappa shape index (κ1) is 9.97. The van der Waals surface area contributed by atoms with Gasteiger partial charge >= 0.3 is 0 Å². The second-order valence-corrected chi connectivity index (χ2v) is 3.55. The molecule has 0 saturated carbocycles. The van der Waals surface area contributed by atoms with Gasteiger partial charge in [0.1, 0.15) is 0 Å². The Morgan fingerprint density at radius 3 is 2.62 bits per heavy atom. The van der Waals surface area contributed by atoms with Gasteiger partial charge < -0.3 is 0 Å². The number of nitrogens with zero attached hydrogens (tertiary/aromatic N) is 1. The van der Waals surface area contributed by atoms with Crippen LogP contribution in [0.1, 0.15) is 27.2 Å². The van der Waals surface area contributed by atoms with Gasteiger partial charge in [-0.05, 0) is 38.8 Å². The van der Waals surface area contributed by atoms with Crippen LogP contribution in [0.15, 0.2) is 40.4 Å². The summed E-state index contributed by atoms with van der Waals surface area (Å²) in [5.41, 5.74) is 3.70. The van der Waals surface area contributed by atoms with E-state index in [0.717, 1.165) is 18.7 Å². The Bertz CT molecular complexity index is 286. The molecule has 0 aromatic carbocycles. The van der Waals surface area contributed by atoms with Crippen LogP contribution in [-0.4, -0.2) is 12.3 Å². The summed E-state index contributed by atoms with van der Waals surface area (Å²) in [6, 6.07) is 0. The van der Waals surface area contributed by atoms with Crippen molar-refractivity contribution in [1.29, 1.82) is 0 Å². The zero-order valence-electron chi connectivity index (χ0n) is 8.67. The summed E-state index contributed by atoms with van der Waals surface area (Å²) >= 11 is 0. The molecule has 1 aliphatic rings. The normalized spacial score (nSPS) is 16.8. The number of hydrogen-bond acceptors (Lipinski definition) is 1. The standard InChI is InChI=1S/C12H17N/c1-10(2)7-8-11(3)12-6-4-5-9-13-12/h4,6-8H,5,9H2,1-3H3/b11-8+. The highest BCUT2D eigenvalue weighted by molar-refractivity contribution is 6.08. The van der Waals surface area contributed by atoms with Gasteiger partial charge in [-0.3, -0.25) is 4.99 Å². The van der Waals surface area contributed by atoms with Crippen molar-refractivity contribution in [2.45, 2.75) is 27.2 Å². The first-order chi connectivity index (χ1) is 6.20. The molecule has 0 fully saturated rings. The number of hydrogen-bond donors (Lipinski definition) is 0. The molecule has 1 heteroatoms. The van der Waals surface area contributed by atoms with Gasteiger partial charge in [0.2, 0.25) is 0 Å². The second kappa shape index (κ2) is 4.80. The predicted molar refractivity (Wildman–Crippen MR) is 59.2 cm³/mol. The fourth-order valence-corrected chi connectivity index (χ4v) is 1.14. The summed E-state index contributed by atoms with van der Waals surface area (Å²) in [5.74, 6) is 0. The Kier molecular flexibility index (Phi) is 3.69. The maximum absolute atomic E-state index is 4.44. The minimum absolute atomic E-state index is 0.936. The van der Waals surface area contributed by atoms with E-state index in [-0.39, 0.29) is 0 Å². The monoisotopic (exact) mass is 175 g/mol. The molecule has 1 nitrogen and oxygen atoms in total. The van der Waals surface area contributed by atoms with Crippen LogP contribution >= 0.6 is 0 Å². The van der Waals surface area contributed by atoms with Crippen LogP contribution in [0.25, 0.3) is 0 Å². The van der Waals surface area contributed by atoms with Crippen molar-refractivity contribution in [2.24, 2.45) is 4.99 Å². The molecule has 0 unspecified atom stereocenters. The summed E-state index contributed by atoms with van der Waals surface area (Å²) in [5, 5.41) is 0. The Morgan fingerprint density at radius 1 is 1.31 bits per heavy atom. The average molecular weight is 175 g/mol. The van der Waals surface area contributed by atoms with Crippen molar-refractivity contribution < 1.29 is 0 Å². The third-order valence-corrected chi connectivity index (χ3v) is 1.92. The molecule has 0 amide bonds. The SMILES string of the molecule is CC(C)=C/C=C(\C)C1=NCCC=C1. The fraction of sp³-hybridized carbons (Fsp3) is 0.417. The van der Waals surface area contributed by atoms with Gasteiger partial charge in [0.25, 0.3) is 0 Å². The zero-order chi connectivity index (χ0) is 9.68. The first-order valence-corrected chi connectivity index (χ1v) is 4.73. The lowest BCUT2D eigenvalue weighted by Crippen LogP contribution is -2.01. The minimum Gasteiger partial charge on any atom is -0.285 e. The van der Waals surface area contributed by atoms with Crippen LogP contribution in [0.5, 0.6) is 0 Å². The van der Waals surface area contributed by atoms with Gasteiger partial charge in [-0.15, -0.1) is 0 Å². The molecule has 1 heterocycles. The molecule has 13 heavy (non-hydrogen) atoms. The molecule has 0 N–H and O–H groups in total. The highest BCUT2D eigenvalue weighted by Gasteiger charge is 1.99. The highest BCUT2D eigenvalue weighted by atomic mass is 14.7. The van der Waals surface area contributed by atoms with Crippen molar-refractivity contribution >= 4 is 5.71 Å². The number of aliphatic imine (C=N–C) groups is 1. The lowest BCUT2D eigenvalue weighted by atomic mass is 10.1. The smallest absolute Gasteiger partial charge is 0.0600 e. The molecule has 0 aliphatic carbocycles. The second-order valence-electron chi connectivity index (χ2n) is 3.55. The van der Waals surface area contributed by atoms with E-state index in [2.05, 4.69) is 50.1 Å². The molecular formula is C12H17N. The van der Waals surface area contributed by atoms with Gasteiger partial charge in [0, 0.05) is 6.54 Å². The predicted octanol–water partition coefficient (Wildman–Crippen LogP) is 3.30. The Hall–Kier alpha value is -1.11. The topological polar surface area (TPSA) is 12.4 Å². The van der Waals surface area contributed by atoms with Crippen molar-refractivity contribution in [3.05, 3.63) is 35.5 Å². The fourth-order valence-electron chi connectivity index (χ4n) is 1.14. The Balaban J connectivity index is 2.72. The molecular weight excluding hydrogens is 158 g/mol. The van der Waals surface area contributed by atoms with Crippen LogP contribution in [0.3, 0.4) is 0 Å². The molecule has 70 valence electrons. The molecule has 0 aromatic heterocycles. The largest absolute Gasteiger partial charge is 0.285 e. The van der Waals surface area contributed by atoms with E-state index in [1.807, 2.05) is 0 Å². The van der Waals surface area contributed by atoms with Crippen LogP contribution in [0.2, 0.25) is 0 Å².